The van der Waals surface area contributed by atoms with Crippen LogP contribution >= 0.6 is 11.6 Å². The average molecular weight is 343 g/mol. The normalized spacial score (nSPS) is 18.3. The van der Waals surface area contributed by atoms with E-state index in [2.05, 4.69) is 17.0 Å². The number of amides is 1. The lowest BCUT2D eigenvalue weighted by Gasteiger charge is -2.34. The van der Waals surface area contributed by atoms with Gasteiger partial charge in [0.05, 0.1) is 5.92 Å². The first-order valence-corrected chi connectivity index (χ1v) is 8.80. The Morgan fingerprint density at radius 2 is 1.88 bits per heavy atom. The number of carbonyl (C=O) groups is 1. The van der Waals surface area contributed by atoms with Crippen molar-refractivity contribution in [3.8, 4) is 0 Å². The largest absolute Gasteiger partial charge is 0.315 e. The molecule has 0 aliphatic carbocycles. The number of carbonyl (C=O) groups excluding carboxylic acids is 1. The van der Waals surface area contributed by atoms with Gasteiger partial charge in [-0.2, -0.15) is 0 Å². The van der Waals surface area contributed by atoms with E-state index in [0.29, 0.717) is 0 Å². The van der Waals surface area contributed by atoms with Gasteiger partial charge in [-0.3, -0.25) is 9.69 Å². The van der Waals surface area contributed by atoms with Gasteiger partial charge in [-0.15, -0.1) is 0 Å². The second-order valence-corrected chi connectivity index (χ2v) is 6.87. The quantitative estimate of drug-likeness (QED) is 0.830. The summed E-state index contributed by atoms with van der Waals surface area (Å²) in [5.41, 5.74) is 2.20. The summed E-state index contributed by atoms with van der Waals surface area (Å²) in [6, 6.07) is 17.8. The summed E-state index contributed by atoms with van der Waals surface area (Å²) >= 11 is 5.95. The molecule has 1 amide bonds. The number of nitrogens with zero attached hydrogens (tertiary/aromatic N) is 2. The number of para-hydroxylation sites is 1. The van der Waals surface area contributed by atoms with Gasteiger partial charge in [-0.25, -0.2) is 0 Å². The van der Waals surface area contributed by atoms with E-state index < -0.39 is 0 Å². The molecule has 1 saturated heterocycles. The van der Waals surface area contributed by atoms with Crippen molar-refractivity contribution >= 4 is 23.2 Å². The highest BCUT2D eigenvalue weighted by atomic mass is 35.5. The fourth-order valence-electron chi connectivity index (χ4n) is 3.30. The molecule has 0 saturated carbocycles. The minimum absolute atomic E-state index is 0.0660. The van der Waals surface area contributed by atoms with Gasteiger partial charge >= 0.3 is 0 Å². The zero-order valence-electron chi connectivity index (χ0n) is 14.0. The lowest BCUT2D eigenvalue weighted by Crippen LogP contribution is -2.43. The fourth-order valence-corrected chi connectivity index (χ4v) is 3.43. The number of anilines is 1. The maximum atomic E-state index is 12.8. The topological polar surface area (TPSA) is 23.6 Å². The van der Waals surface area contributed by atoms with E-state index >= 15 is 0 Å². The highest BCUT2D eigenvalue weighted by molar-refractivity contribution is 6.30. The highest BCUT2D eigenvalue weighted by Gasteiger charge is 2.28. The molecule has 0 bridgehead atoms. The molecular formula is C20H23ClN2O. The molecule has 0 spiro atoms. The van der Waals surface area contributed by atoms with Crippen LogP contribution in [0.3, 0.4) is 0 Å². The second kappa shape index (κ2) is 7.82. The van der Waals surface area contributed by atoms with Crippen LogP contribution in [0.4, 0.5) is 5.69 Å². The van der Waals surface area contributed by atoms with Crippen molar-refractivity contribution in [1.82, 2.24) is 4.90 Å². The van der Waals surface area contributed by atoms with E-state index in [0.717, 1.165) is 43.2 Å². The summed E-state index contributed by atoms with van der Waals surface area (Å²) in [5.74, 6) is 0.276. The summed E-state index contributed by atoms with van der Waals surface area (Å²) in [6.45, 7) is 2.73. The molecule has 24 heavy (non-hydrogen) atoms. The summed E-state index contributed by atoms with van der Waals surface area (Å²) in [7, 11) is 1.87. The first-order valence-electron chi connectivity index (χ1n) is 8.43. The number of hydrogen-bond acceptors (Lipinski definition) is 2. The minimum Gasteiger partial charge on any atom is -0.315 e. The summed E-state index contributed by atoms with van der Waals surface area (Å²) in [6.07, 6.45) is 2.03. The molecule has 0 radical (unpaired) electrons. The molecule has 1 fully saturated rings. The van der Waals surface area contributed by atoms with Crippen LogP contribution in [0.1, 0.15) is 18.4 Å². The number of rotatable bonds is 4. The van der Waals surface area contributed by atoms with Gasteiger partial charge in [0, 0.05) is 30.8 Å². The number of likely N-dealkylation sites (tertiary alicyclic amines) is 1. The first-order chi connectivity index (χ1) is 11.6. The smallest absolute Gasteiger partial charge is 0.231 e. The number of hydrogen-bond donors (Lipinski definition) is 0. The second-order valence-electron chi connectivity index (χ2n) is 6.43. The molecule has 1 atom stereocenters. The maximum Gasteiger partial charge on any atom is 0.231 e. The molecule has 3 nitrogen and oxygen atoms in total. The van der Waals surface area contributed by atoms with Crippen molar-refractivity contribution in [2.24, 2.45) is 5.92 Å². The number of halogens is 1. The molecule has 2 aromatic carbocycles. The van der Waals surface area contributed by atoms with Crippen molar-refractivity contribution in [2.45, 2.75) is 19.4 Å². The molecule has 126 valence electrons. The third-order valence-corrected chi connectivity index (χ3v) is 4.90. The van der Waals surface area contributed by atoms with Crippen molar-refractivity contribution in [3.63, 3.8) is 0 Å². The van der Waals surface area contributed by atoms with E-state index in [1.165, 1.54) is 5.56 Å². The first kappa shape index (κ1) is 17.0. The Morgan fingerprint density at radius 3 is 2.58 bits per heavy atom. The fraction of sp³-hybridized carbons (Fsp3) is 0.350. The monoisotopic (exact) mass is 342 g/mol. The molecule has 0 N–H and O–H groups in total. The third-order valence-electron chi connectivity index (χ3n) is 4.65. The van der Waals surface area contributed by atoms with Crippen LogP contribution in [0, 0.1) is 5.92 Å². The maximum absolute atomic E-state index is 12.8. The van der Waals surface area contributed by atoms with Crippen LogP contribution in [0.15, 0.2) is 54.6 Å². The molecule has 0 aromatic heterocycles. The van der Waals surface area contributed by atoms with E-state index in [9.17, 15) is 4.79 Å². The van der Waals surface area contributed by atoms with Gasteiger partial charge in [0.2, 0.25) is 5.91 Å². The van der Waals surface area contributed by atoms with Crippen LogP contribution in [-0.2, 0) is 11.3 Å². The SMILES string of the molecule is CN(C(=O)[C@H]1CCCN(Cc2ccc(Cl)cc2)C1)c1ccccc1. The minimum atomic E-state index is 0.0660. The van der Waals surface area contributed by atoms with Gasteiger partial charge in [0.25, 0.3) is 0 Å². The van der Waals surface area contributed by atoms with E-state index in [-0.39, 0.29) is 11.8 Å². The lowest BCUT2D eigenvalue weighted by molar-refractivity contribution is -0.123. The predicted molar refractivity (Wildman–Crippen MR) is 99.3 cm³/mol. The lowest BCUT2D eigenvalue weighted by atomic mass is 9.96. The van der Waals surface area contributed by atoms with Crippen LogP contribution in [0.2, 0.25) is 5.02 Å². The Morgan fingerprint density at radius 1 is 1.17 bits per heavy atom. The van der Waals surface area contributed by atoms with Crippen LogP contribution in [-0.4, -0.2) is 30.9 Å². The molecule has 1 aliphatic rings. The molecule has 1 aliphatic heterocycles. The van der Waals surface area contributed by atoms with E-state index in [4.69, 9.17) is 11.6 Å². The Kier molecular flexibility index (Phi) is 5.54. The summed E-state index contributed by atoms with van der Waals surface area (Å²) in [4.78, 5) is 17.0. The standard InChI is InChI=1S/C20H23ClN2O/c1-22(19-7-3-2-4-8-19)20(24)17-6-5-13-23(15-17)14-16-9-11-18(21)12-10-16/h2-4,7-12,17H,5-6,13-15H2,1H3/t17-/m0/s1. The Labute approximate surface area is 148 Å². The van der Waals surface area contributed by atoms with Gasteiger partial charge in [-0.1, -0.05) is 41.9 Å². The van der Waals surface area contributed by atoms with Gasteiger partial charge < -0.3 is 4.90 Å². The number of piperidine rings is 1. The Balaban J connectivity index is 1.62. The van der Waals surface area contributed by atoms with Gasteiger partial charge in [0.15, 0.2) is 0 Å². The zero-order valence-corrected chi connectivity index (χ0v) is 14.7. The molecule has 1 heterocycles. The van der Waals surface area contributed by atoms with Gasteiger partial charge in [0.1, 0.15) is 0 Å². The summed E-state index contributed by atoms with van der Waals surface area (Å²) < 4.78 is 0. The highest BCUT2D eigenvalue weighted by Crippen LogP contribution is 2.23. The molecule has 0 unspecified atom stereocenters. The molecule has 4 heteroatoms. The van der Waals surface area contributed by atoms with E-state index in [1.54, 1.807) is 4.90 Å². The molecule has 2 aromatic rings. The van der Waals surface area contributed by atoms with Crippen LogP contribution in [0.25, 0.3) is 0 Å². The van der Waals surface area contributed by atoms with Crippen LogP contribution in [0.5, 0.6) is 0 Å². The Hall–Kier alpha value is -1.84. The predicted octanol–water partition coefficient (Wildman–Crippen LogP) is 4.22. The van der Waals surface area contributed by atoms with Crippen LogP contribution < -0.4 is 4.90 Å². The van der Waals surface area contributed by atoms with Crippen molar-refractivity contribution in [1.29, 1.82) is 0 Å². The molecular weight excluding hydrogens is 320 g/mol. The molecule has 3 rings (SSSR count). The number of benzene rings is 2. The zero-order chi connectivity index (χ0) is 16.9. The van der Waals surface area contributed by atoms with Crippen molar-refractivity contribution in [3.05, 3.63) is 65.2 Å². The summed E-state index contributed by atoms with van der Waals surface area (Å²) in [5, 5.41) is 0.759. The van der Waals surface area contributed by atoms with E-state index in [1.807, 2.05) is 49.5 Å². The van der Waals surface area contributed by atoms with Crippen molar-refractivity contribution < 1.29 is 4.79 Å². The van der Waals surface area contributed by atoms with Gasteiger partial charge in [-0.05, 0) is 49.2 Å². The third kappa shape index (κ3) is 4.16. The average Bonchev–Trinajstić information content (AvgIpc) is 2.63. The Bertz CT molecular complexity index is 672. The van der Waals surface area contributed by atoms with Crippen molar-refractivity contribution in [2.75, 3.05) is 25.0 Å².